The van der Waals surface area contributed by atoms with Crippen LogP contribution in [0.25, 0.3) is 0 Å². The first-order chi connectivity index (χ1) is 13.3. The number of anilines is 1. The molecule has 6 nitrogen and oxygen atoms in total. The Balaban J connectivity index is 0.00000240. The summed E-state index contributed by atoms with van der Waals surface area (Å²) in [4.78, 5) is 15.0. The van der Waals surface area contributed by atoms with Crippen LogP contribution in [-0.4, -0.2) is 45.4 Å². The Morgan fingerprint density at radius 1 is 1.07 bits per heavy atom. The highest BCUT2D eigenvalue weighted by atomic mass is 35.5. The Kier molecular flexibility index (Phi) is 6.22. The van der Waals surface area contributed by atoms with Crippen molar-refractivity contribution in [1.82, 2.24) is 10.2 Å². The Labute approximate surface area is 178 Å². The van der Waals surface area contributed by atoms with Crippen molar-refractivity contribution in [3.8, 4) is 0 Å². The maximum atomic E-state index is 13.0. The molecular formula is C21H26ClN3O3S. The summed E-state index contributed by atoms with van der Waals surface area (Å²) in [6.45, 7) is 7.00. The first-order valence-electron chi connectivity index (χ1n) is 9.53. The molecule has 2 atom stereocenters. The lowest BCUT2D eigenvalue weighted by molar-refractivity contribution is 0.0781. The summed E-state index contributed by atoms with van der Waals surface area (Å²) in [6, 6.07) is 12.1. The molecule has 0 unspecified atom stereocenters. The maximum Gasteiger partial charge on any atom is 0.262 e. The zero-order chi connectivity index (χ0) is 19.9. The van der Waals surface area contributed by atoms with Crippen LogP contribution in [0.15, 0.2) is 47.4 Å². The standard InChI is InChI=1S/C21H25N3O3S.ClH/c1-14-4-3-5-19(8-14)23-28(26,27)20-9-16(7-6-15(20)2)21(25)24-12-17-10-22-11-18(17)13-24;/h3-9,17-18,22-23H,10-13H2,1-2H3;1H/t17-,18+;. The molecular weight excluding hydrogens is 410 g/mol. The minimum absolute atomic E-state index is 0. The Bertz CT molecular complexity index is 1010. The molecule has 2 aromatic rings. The molecule has 0 aromatic heterocycles. The van der Waals surface area contributed by atoms with Crippen molar-refractivity contribution in [2.75, 3.05) is 30.9 Å². The Morgan fingerprint density at radius 3 is 2.41 bits per heavy atom. The third-order valence-corrected chi connectivity index (χ3v) is 7.19. The van der Waals surface area contributed by atoms with E-state index in [1.807, 2.05) is 17.9 Å². The lowest BCUT2D eigenvalue weighted by Gasteiger charge is -2.19. The molecule has 0 saturated carbocycles. The molecule has 0 spiro atoms. The molecule has 1 amide bonds. The molecule has 156 valence electrons. The average molecular weight is 436 g/mol. The average Bonchev–Trinajstić information content (AvgIpc) is 3.23. The van der Waals surface area contributed by atoms with Crippen LogP contribution in [0.3, 0.4) is 0 Å². The fraction of sp³-hybridized carbons (Fsp3) is 0.381. The van der Waals surface area contributed by atoms with Gasteiger partial charge in [0.25, 0.3) is 15.9 Å². The minimum Gasteiger partial charge on any atom is -0.338 e. The zero-order valence-electron chi connectivity index (χ0n) is 16.5. The number of nitrogens with zero attached hydrogens (tertiary/aromatic N) is 1. The number of sulfonamides is 1. The van der Waals surface area contributed by atoms with E-state index in [1.165, 1.54) is 6.07 Å². The second kappa shape index (κ2) is 8.34. The molecule has 2 fully saturated rings. The summed E-state index contributed by atoms with van der Waals surface area (Å²) in [7, 11) is -3.79. The van der Waals surface area contributed by atoms with E-state index in [1.54, 1.807) is 37.3 Å². The molecule has 8 heteroatoms. The number of hydrogen-bond donors (Lipinski definition) is 2. The summed E-state index contributed by atoms with van der Waals surface area (Å²) in [5.74, 6) is 0.905. The van der Waals surface area contributed by atoms with Gasteiger partial charge in [-0.15, -0.1) is 12.4 Å². The lowest BCUT2D eigenvalue weighted by Crippen LogP contribution is -2.32. The highest BCUT2D eigenvalue weighted by Gasteiger charge is 2.38. The van der Waals surface area contributed by atoms with Gasteiger partial charge in [0.1, 0.15) is 0 Å². The van der Waals surface area contributed by atoms with Gasteiger partial charge in [-0.25, -0.2) is 8.42 Å². The molecule has 2 heterocycles. The van der Waals surface area contributed by atoms with Crippen molar-refractivity contribution in [3.05, 3.63) is 59.2 Å². The molecule has 2 aliphatic rings. The van der Waals surface area contributed by atoms with Crippen LogP contribution < -0.4 is 10.0 Å². The van der Waals surface area contributed by atoms with Gasteiger partial charge in [0.2, 0.25) is 0 Å². The molecule has 0 aliphatic carbocycles. The van der Waals surface area contributed by atoms with Crippen LogP contribution in [0.4, 0.5) is 5.69 Å². The number of rotatable bonds is 4. The van der Waals surface area contributed by atoms with E-state index in [9.17, 15) is 13.2 Å². The van der Waals surface area contributed by atoms with Crippen LogP contribution in [0, 0.1) is 25.7 Å². The first kappa shape index (κ1) is 21.6. The predicted octanol–water partition coefficient (Wildman–Crippen LogP) is 2.82. The number of fused-ring (bicyclic) bond motifs is 1. The quantitative estimate of drug-likeness (QED) is 0.774. The summed E-state index contributed by atoms with van der Waals surface area (Å²) in [6.07, 6.45) is 0. The Hall–Kier alpha value is -2.09. The van der Waals surface area contributed by atoms with Gasteiger partial charge >= 0.3 is 0 Å². The van der Waals surface area contributed by atoms with E-state index < -0.39 is 10.0 Å². The zero-order valence-corrected chi connectivity index (χ0v) is 18.1. The monoisotopic (exact) mass is 435 g/mol. The van der Waals surface area contributed by atoms with Crippen molar-refractivity contribution in [2.45, 2.75) is 18.7 Å². The topological polar surface area (TPSA) is 78.5 Å². The fourth-order valence-corrected chi connectivity index (χ4v) is 5.47. The van der Waals surface area contributed by atoms with Gasteiger partial charge in [-0.2, -0.15) is 0 Å². The van der Waals surface area contributed by atoms with Crippen LogP contribution in [0.5, 0.6) is 0 Å². The van der Waals surface area contributed by atoms with Crippen molar-refractivity contribution in [2.24, 2.45) is 11.8 Å². The molecule has 2 saturated heterocycles. The number of aryl methyl sites for hydroxylation is 2. The van der Waals surface area contributed by atoms with Crippen LogP contribution >= 0.6 is 12.4 Å². The molecule has 2 aliphatic heterocycles. The number of nitrogens with one attached hydrogen (secondary N) is 2. The van der Waals surface area contributed by atoms with Crippen LogP contribution in [-0.2, 0) is 10.0 Å². The fourth-order valence-electron chi connectivity index (χ4n) is 4.15. The SMILES string of the molecule is Cc1cccc(NS(=O)(=O)c2cc(C(=O)N3C[C@H]4CNC[C@H]4C3)ccc2C)c1.Cl. The largest absolute Gasteiger partial charge is 0.338 e. The van der Waals surface area contributed by atoms with E-state index >= 15 is 0 Å². The van der Waals surface area contributed by atoms with Crippen molar-refractivity contribution in [3.63, 3.8) is 0 Å². The summed E-state index contributed by atoms with van der Waals surface area (Å²) in [5.41, 5.74) is 2.51. The van der Waals surface area contributed by atoms with E-state index in [2.05, 4.69) is 10.0 Å². The van der Waals surface area contributed by atoms with Gasteiger partial charge in [0.15, 0.2) is 0 Å². The molecule has 2 aromatic carbocycles. The van der Waals surface area contributed by atoms with Gasteiger partial charge < -0.3 is 10.2 Å². The number of likely N-dealkylation sites (tertiary alicyclic amines) is 1. The van der Waals surface area contributed by atoms with Crippen LogP contribution in [0.2, 0.25) is 0 Å². The van der Waals surface area contributed by atoms with E-state index in [0.717, 1.165) is 31.7 Å². The summed E-state index contributed by atoms with van der Waals surface area (Å²) >= 11 is 0. The number of benzene rings is 2. The highest BCUT2D eigenvalue weighted by Crippen LogP contribution is 2.28. The maximum absolute atomic E-state index is 13.0. The summed E-state index contributed by atoms with van der Waals surface area (Å²) in [5, 5.41) is 3.36. The van der Waals surface area contributed by atoms with Crippen molar-refractivity contribution < 1.29 is 13.2 Å². The van der Waals surface area contributed by atoms with Gasteiger partial charge in [0.05, 0.1) is 4.90 Å². The Morgan fingerprint density at radius 2 is 1.76 bits per heavy atom. The molecule has 4 rings (SSSR count). The van der Waals surface area contributed by atoms with E-state index in [-0.39, 0.29) is 23.2 Å². The molecule has 0 bridgehead atoms. The smallest absolute Gasteiger partial charge is 0.262 e. The third-order valence-electron chi connectivity index (χ3n) is 5.67. The first-order valence-corrected chi connectivity index (χ1v) is 11.0. The van der Waals surface area contributed by atoms with Gasteiger partial charge in [-0.3, -0.25) is 9.52 Å². The number of hydrogen-bond acceptors (Lipinski definition) is 4. The van der Waals surface area contributed by atoms with E-state index in [4.69, 9.17) is 0 Å². The molecule has 2 N–H and O–H groups in total. The lowest BCUT2D eigenvalue weighted by atomic mass is 10.0. The van der Waals surface area contributed by atoms with Gasteiger partial charge in [-0.1, -0.05) is 18.2 Å². The molecule has 29 heavy (non-hydrogen) atoms. The minimum atomic E-state index is -3.79. The van der Waals surface area contributed by atoms with Gasteiger partial charge in [-0.05, 0) is 61.1 Å². The van der Waals surface area contributed by atoms with Crippen molar-refractivity contribution in [1.29, 1.82) is 0 Å². The number of amides is 1. The third kappa shape index (κ3) is 4.42. The second-order valence-electron chi connectivity index (χ2n) is 7.84. The second-order valence-corrected chi connectivity index (χ2v) is 9.49. The normalized spacial score (nSPS) is 20.8. The highest BCUT2D eigenvalue weighted by molar-refractivity contribution is 7.92. The van der Waals surface area contributed by atoms with Gasteiger partial charge in [0, 0.05) is 37.4 Å². The summed E-state index contributed by atoms with van der Waals surface area (Å²) < 4.78 is 28.5. The predicted molar refractivity (Wildman–Crippen MR) is 116 cm³/mol. The number of carbonyl (C=O) groups excluding carboxylic acids is 1. The number of halogens is 1. The van der Waals surface area contributed by atoms with E-state index in [0.29, 0.717) is 28.7 Å². The van der Waals surface area contributed by atoms with Crippen molar-refractivity contribution >= 4 is 34.0 Å². The number of carbonyl (C=O) groups is 1. The van der Waals surface area contributed by atoms with Crippen LogP contribution in [0.1, 0.15) is 21.5 Å². The molecule has 0 radical (unpaired) electrons.